The Bertz CT molecular complexity index is 1270. The number of amides is 2. The molecule has 6 nitrogen and oxygen atoms in total. The van der Waals surface area contributed by atoms with Gasteiger partial charge in [0.15, 0.2) is 0 Å². The number of hydrogen-bond acceptors (Lipinski definition) is 3. The van der Waals surface area contributed by atoms with E-state index in [2.05, 4.69) is 28.5 Å². The van der Waals surface area contributed by atoms with Gasteiger partial charge in [-0.1, -0.05) is 48.5 Å². The maximum Gasteiger partial charge on any atom is 0.408 e. The van der Waals surface area contributed by atoms with Crippen molar-refractivity contribution in [2.45, 2.75) is 63.5 Å². The second kappa shape index (κ2) is 10.1. The molecule has 1 aromatic heterocycles. The van der Waals surface area contributed by atoms with E-state index in [1.54, 1.807) is 4.90 Å². The monoisotopic (exact) mass is 513 g/mol. The fourth-order valence-electron chi connectivity index (χ4n) is 7.74. The van der Waals surface area contributed by atoms with Gasteiger partial charge in [0.2, 0.25) is 5.91 Å². The highest BCUT2D eigenvalue weighted by Gasteiger charge is 2.50. The second-order valence-corrected chi connectivity index (χ2v) is 12.3. The summed E-state index contributed by atoms with van der Waals surface area (Å²) in [6.07, 6.45) is 8.67. The maximum absolute atomic E-state index is 14.0. The Balaban J connectivity index is 1.20. The lowest BCUT2D eigenvalue weighted by Crippen LogP contribution is -2.60. The van der Waals surface area contributed by atoms with Crippen molar-refractivity contribution in [1.82, 2.24) is 15.2 Å². The minimum Gasteiger partial charge on any atom is -0.446 e. The molecule has 1 atom stereocenters. The van der Waals surface area contributed by atoms with Crippen LogP contribution in [0.1, 0.15) is 50.2 Å². The number of rotatable bonds is 8. The number of fused-ring (bicyclic) bond motifs is 1. The van der Waals surface area contributed by atoms with Gasteiger partial charge in [-0.05, 0) is 86.3 Å². The lowest BCUT2D eigenvalue weighted by molar-refractivity contribution is -0.137. The quantitative estimate of drug-likeness (QED) is 0.405. The lowest BCUT2D eigenvalue weighted by Gasteiger charge is -2.53. The summed E-state index contributed by atoms with van der Waals surface area (Å²) in [5.74, 6) is 2.46. The van der Waals surface area contributed by atoms with E-state index in [0.29, 0.717) is 24.8 Å². The van der Waals surface area contributed by atoms with Crippen LogP contribution in [0.2, 0.25) is 0 Å². The molecule has 200 valence electrons. The summed E-state index contributed by atoms with van der Waals surface area (Å²) >= 11 is 0. The molecule has 4 fully saturated rings. The maximum atomic E-state index is 14.0. The Morgan fingerprint density at radius 3 is 2.34 bits per heavy atom. The van der Waals surface area contributed by atoms with Gasteiger partial charge >= 0.3 is 6.09 Å². The normalized spacial score (nSPS) is 27.2. The first-order chi connectivity index (χ1) is 18.4. The first kappa shape index (κ1) is 25.0. The van der Waals surface area contributed by atoms with Gasteiger partial charge in [-0.25, -0.2) is 4.79 Å². The summed E-state index contributed by atoms with van der Waals surface area (Å²) in [7, 11) is 1.82. The first-order valence-corrected chi connectivity index (χ1v) is 14.2. The molecule has 0 radical (unpaired) electrons. The molecular weight excluding hydrogens is 474 g/mol. The van der Waals surface area contributed by atoms with Crippen molar-refractivity contribution in [3.05, 3.63) is 71.9 Å². The largest absolute Gasteiger partial charge is 0.446 e. The highest BCUT2D eigenvalue weighted by molar-refractivity contribution is 5.91. The number of H-pyrrole nitrogens is 1. The van der Waals surface area contributed by atoms with E-state index in [1.165, 1.54) is 37.7 Å². The number of ether oxygens (including phenoxy) is 1. The van der Waals surface area contributed by atoms with E-state index in [0.717, 1.165) is 34.7 Å². The second-order valence-electron chi connectivity index (χ2n) is 12.3. The van der Waals surface area contributed by atoms with Crippen molar-refractivity contribution in [1.29, 1.82) is 0 Å². The average Bonchev–Trinajstić information content (AvgIpc) is 3.31. The molecule has 6 heteroatoms. The van der Waals surface area contributed by atoms with Gasteiger partial charge < -0.3 is 19.9 Å². The van der Waals surface area contributed by atoms with Crippen LogP contribution in [0.4, 0.5) is 4.79 Å². The molecule has 0 spiro atoms. The molecule has 2 N–H and O–H groups in total. The molecular formula is C32H39N3O3. The molecule has 1 unspecified atom stereocenters. The van der Waals surface area contributed by atoms with Gasteiger partial charge in [0.1, 0.15) is 11.6 Å². The van der Waals surface area contributed by atoms with E-state index >= 15 is 0 Å². The summed E-state index contributed by atoms with van der Waals surface area (Å²) in [5.41, 5.74) is 2.06. The number of nitrogens with one attached hydrogen (secondary N) is 2. The number of hydrogen-bond donors (Lipinski definition) is 2. The Kier molecular flexibility index (Phi) is 6.67. The smallest absolute Gasteiger partial charge is 0.408 e. The van der Waals surface area contributed by atoms with Crippen LogP contribution in [0, 0.1) is 23.7 Å². The van der Waals surface area contributed by atoms with Crippen LogP contribution in [0.5, 0.6) is 0 Å². The number of aromatic nitrogens is 1. The van der Waals surface area contributed by atoms with Crippen LogP contribution >= 0.6 is 0 Å². The summed E-state index contributed by atoms with van der Waals surface area (Å²) in [4.78, 5) is 32.5. The molecule has 1 heterocycles. The molecule has 4 aliphatic rings. The molecule has 2 aromatic carbocycles. The number of likely N-dealkylation sites (N-methyl/N-ethyl adjacent to an activating group) is 1. The number of alkyl carbamates (subject to hydrolysis) is 1. The van der Waals surface area contributed by atoms with Crippen LogP contribution in [-0.2, 0) is 22.4 Å². The minimum absolute atomic E-state index is 0.0222. The van der Waals surface area contributed by atoms with Gasteiger partial charge in [-0.15, -0.1) is 0 Å². The SMILES string of the molecule is CN(CCc1ccccc1)C(=O)C(C)(Cc1c[nH]c2ccccc12)NC(=O)OC1C2CC3CC(C2)CC1C3. The van der Waals surface area contributed by atoms with Crippen molar-refractivity contribution in [3.8, 4) is 0 Å². The molecule has 0 aliphatic heterocycles. The molecule has 0 saturated heterocycles. The number of aromatic amines is 1. The van der Waals surface area contributed by atoms with Gasteiger partial charge in [0.25, 0.3) is 0 Å². The lowest BCUT2D eigenvalue weighted by atomic mass is 9.55. The number of carbonyl (C=O) groups excluding carboxylic acids is 2. The third-order valence-corrected chi connectivity index (χ3v) is 9.38. The fourth-order valence-corrected chi connectivity index (χ4v) is 7.74. The average molecular weight is 514 g/mol. The van der Waals surface area contributed by atoms with Crippen molar-refractivity contribution >= 4 is 22.9 Å². The molecule has 4 saturated carbocycles. The molecule has 3 aromatic rings. The summed E-state index contributed by atoms with van der Waals surface area (Å²) in [5, 5.41) is 4.13. The minimum atomic E-state index is -1.14. The zero-order valence-corrected chi connectivity index (χ0v) is 22.5. The molecule has 2 amide bonds. The Morgan fingerprint density at radius 1 is 0.974 bits per heavy atom. The molecule has 4 bridgehead atoms. The van der Waals surface area contributed by atoms with Crippen molar-refractivity contribution in [3.63, 3.8) is 0 Å². The highest BCUT2D eigenvalue weighted by atomic mass is 16.6. The van der Waals surface area contributed by atoms with E-state index in [9.17, 15) is 9.59 Å². The van der Waals surface area contributed by atoms with E-state index in [4.69, 9.17) is 4.74 Å². The zero-order valence-electron chi connectivity index (χ0n) is 22.5. The zero-order chi connectivity index (χ0) is 26.3. The summed E-state index contributed by atoms with van der Waals surface area (Å²) in [6, 6.07) is 18.2. The number of para-hydroxylation sites is 1. The highest BCUT2D eigenvalue weighted by Crippen LogP contribution is 2.54. The fraction of sp³-hybridized carbons (Fsp3) is 0.500. The Morgan fingerprint density at radius 2 is 1.63 bits per heavy atom. The number of nitrogens with zero attached hydrogens (tertiary/aromatic N) is 1. The van der Waals surface area contributed by atoms with Crippen LogP contribution in [0.25, 0.3) is 10.9 Å². The number of carbonyl (C=O) groups is 2. The van der Waals surface area contributed by atoms with Gasteiger partial charge in [0, 0.05) is 37.1 Å². The Labute approximate surface area is 225 Å². The number of benzene rings is 2. The van der Waals surface area contributed by atoms with Crippen molar-refractivity contribution in [2.24, 2.45) is 23.7 Å². The topological polar surface area (TPSA) is 74.4 Å². The predicted molar refractivity (Wildman–Crippen MR) is 149 cm³/mol. The van der Waals surface area contributed by atoms with Crippen LogP contribution in [0.3, 0.4) is 0 Å². The molecule has 4 aliphatic carbocycles. The third kappa shape index (κ3) is 4.93. The molecule has 7 rings (SSSR count). The Hall–Kier alpha value is -3.28. The van der Waals surface area contributed by atoms with Gasteiger partial charge in [-0.3, -0.25) is 4.79 Å². The van der Waals surface area contributed by atoms with E-state index in [-0.39, 0.29) is 12.0 Å². The van der Waals surface area contributed by atoms with Crippen LogP contribution in [0.15, 0.2) is 60.8 Å². The van der Waals surface area contributed by atoms with E-state index < -0.39 is 11.6 Å². The van der Waals surface area contributed by atoms with E-state index in [1.807, 2.05) is 56.6 Å². The summed E-state index contributed by atoms with van der Waals surface area (Å²) < 4.78 is 6.16. The van der Waals surface area contributed by atoms with Crippen LogP contribution < -0.4 is 5.32 Å². The van der Waals surface area contributed by atoms with Crippen molar-refractivity contribution in [2.75, 3.05) is 13.6 Å². The van der Waals surface area contributed by atoms with Gasteiger partial charge in [-0.2, -0.15) is 0 Å². The molecule has 38 heavy (non-hydrogen) atoms. The van der Waals surface area contributed by atoms with Crippen LogP contribution in [-0.4, -0.2) is 47.1 Å². The predicted octanol–water partition coefficient (Wildman–Crippen LogP) is 5.72. The first-order valence-electron chi connectivity index (χ1n) is 14.2. The summed E-state index contributed by atoms with van der Waals surface area (Å²) in [6.45, 7) is 2.41. The van der Waals surface area contributed by atoms with Crippen molar-refractivity contribution < 1.29 is 14.3 Å². The standard InChI is InChI=1S/C32H39N3O3/c1-32(19-26-20-33-28-11-7-6-10-27(26)28,30(36)35(2)13-12-21-8-4-3-5-9-21)34-31(37)38-29-24-15-22-14-23(17-24)18-25(29)16-22/h3-11,20,22-25,29,33H,12-19H2,1-2H3,(H,34,37). The van der Waals surface area contributed by atoms with Gasteiger partial charge in [0.05, 0.1) is 0 Å². The third-order valence-electron chi connectivity index (χ3n) is 9.38.